The Morgan fingerprint density at radius 3 is 2.33 bits per heavy atom. The summed E-state index contributed by atoms with van der Waals surface area (Å²) < 4.78 is 10.2. The van der Waals surface area contributed by atoms with Crippen molar-refractivity contribution in [3.8, 4) is 0 Å². The molecule has 0 saturated carbocycles. The van der Waals surface area contributed by atoms with E-state index in [1.807, 2.05) is 20.8 Å². The van der Waals surface area contributed by atoms with Crippen LogP contribution in [0.15, 0.2) is 0 Å². The number of ether oxygens (including phenoxy) is 2. The van der Waals surface area contributed by atoms with Crippen molar-refractivity contribution in [2.75, 3.05) is 6.61 Å². The largest absolute Gasteiger partial charge is 0.466 e. The molecular weight excluding hydrogens is 264 g/mol. The lowest BCUT2D eigenvalue weighted by molar-refractivity contribution is -0.153. The summed E-state index contributed by atoms with van der Waals surface area (Å²) in [5, 5.41) is 0. The van der Waals surface area contributed by atoms with Gasteiger partial charge >= 0.3 is 5.97 Å². The highest BCUT2D eigenvalue weighted by Crippen LogP contribution is 2.31. The second-order valence-corrected chi connectivity index (χ2v) is 5.75. The molecule has 3 radical (unpaired) electrons. The zero-order chi connectivity index (χ0) is 14.2. The highest BCUT2D eigenvalue weighted by molar-refractivity contribution is 7.82. The summed E-state index contributed by atoms with van der Waals surface area (Å²) in [7, 11) is 3.36. The predicted molar refractivity (Wildman–Crippen MR) is 78.3 cm³/mol. The van der Waals surface area contributed by atoms with Crippen molar-refractivity contribution in [1.29, 1.82) is 0 Å². The highest BCUT2D eigenvalue weighted by Gasteiger charge is 2.43. The molecule has 0 saturated heterocycles. The summed E-state index contributed by atoms with van der Waals surface area (Å²) in [4.78, 5) is 12.2. The molecule has 0 amide bonds. The Morgan fingerprint density at radius 1 is 1.33 bits per heavy atom. The Kier molecular flexibility index (Phi) is 8.99. The van der Waals surface area contributed by atoms with Crippen LogP contribution in [0.3, 0.4) is 0 Å². The summed E-state index contributed by atoms with van der Waals surface area (Å²) in [5.41, 5.74) is -0.264. The van der Waals surface area contributed by atoms with Gasteiger partial charge in [0, 0.05) is 6.61 Å². The summed E-state index contributed by atoms with van der Waals surface area (Å²) in [5.74, 6) is -0.304. The Hall–Kier alpha value is -0.00312. The Labute approximate surface area is 120 Å². The molecule has 0 aromatic rings. The molecule has 0 spiro atoms. The molecule has 0 aliphatic carbocycles. The van der Waals surface area contributed by atoms with E-state index in [1.165, 1.54) is 0 Å². The molecule has 0 aliphatic heterocycles. The SMILES string of the molecule is CCCC(OCC)C(S)(CC)C(=O)OC([Si])CC. The normalized spacial score (nSPS) is 17.9. The first kappa shape index (κ1) is 18.0. The number of esters is 1. The van der Waals surface area contributed by atoms with Crippen LogP contribution in [-0.2, 0) is 14.3 Å². The Balaban J connectivity index is 4.86. The molecule has 105 valence electrons. The number of hydrogen-bond donors (Lipinski definition) is 1. The van der Waals surface area contributed by atoms with E-state index in [0.29, 0.717) is 13.0 Å². The molecular formula is C13H25O3SSi. The smallest absolute Gasteiger partial charge is 0.324 e. The van der Waals surface area contributed by atoms with Crippen molar-refractivity contribution < 1.29 is 14.3 Å². The lowest BCUT2D eigenvalue weighted by Crippen LogP contribution is -2.48. The van der Waals surface area contributed by atoms with Gasteiger partial charge in [-0.1, -0.05) is 27.2 Å². The minimum atomic E-state index is -0.869. The van der Waals surface area contributed by atoms with Crippen molar-refractivity contribution in [2.45, 2.75) is 70.0 Å². The van der Waals surface area contributed by atoms with Crippen molar-refractivity contribution in [1.82, 2.24) is 0 Å². The molecule has 0 aromatic heterocycles. The molecule has 3 unspecified atom stereocenters. The fraction of sp³-hybridized carbons (Fsp3) is 0.923. The topological polar surface area (TPSA) is 35.5 Å². The second-order valence-electron chi connectivity index (χ2n) is 4.31. The van der Waals surface area contributed by atoms with Gasteiger partial charge in [-0.3, -0.25) is 4.79 Å². The monoisotopic (exact) mass is 289 g/mol. The Bertz CT molecular complexity index is 244. The van der Waals surface area contributed by atoms with Crippen molar-refractivity contribution >= 4 is 28.8 Å². The average Bonchev–Trinajstić information content (AvgIpc) is 2.37. The first-order chi connectivity index (χ1) is 8.46. The molecule has 3 nitrogen and oxygen atoms in total. The zero-order valence-electron chi connectivity index (χ0n) is 11.9. The van der Waals surface area contributed by atoms with Crippen LogP contribution in [0.4, 0.5) is 0 Å². The van der Waals surface area contributed by atoms with Gasteiger partial charge in [0.25, 0.3) is 0 Å². The van der Waals surface area contributed by atoms with Crippen LogP contribution in [0.25, 0.3) is 0 Å². The summed E-state index contributed by atoms with van der Waals surface area (Å²) in [6.45, 7) is 8.45. The van der Waals surface area contributed by atoms with E-state index in [0.717, 1.165) is 19.3 Å². The van der Waals surface area contributed by atoms with E-state index in [-0.39, 0.29) is 17.8 Å². The third-order valence-electron chi connectivity index (χ3n) is 2.96. The van der Waals surface area contributed by atoms with Gasteiger partial charge in [0.15, 0.2) is 0 Å². The third kappa shape index (κ3) is 4.94. The van der Waals surface area contributed by atoms with Crippen molar-refractivity contribution in [3.63, 3.8) is 0 Å². The first-order valence-corrected chi connectivity index (χ1v) is 7.74. The van der Waals surface area contributed by atoms with Crippen LogP contribution in [-0.4, -0.2) is 39.4 Å². The number of carbonyl (C=O) groups excluding carboxylic acids is 1. The predicted octanol–water partition coefficient (Wildman–Crippen LogP) is 2.72. The maximum atomic E-state index is 12.2. The molecule has 0 N–H and O–H groups in total. The van der Waals surface area contributed by atoms with Crippen LogP contribution < -0.4 is 0 Å². The van der Waals surface area contributed by atoms with E-state index in [1.54, 1.807) is 0 Å². The van der Waals surface area contributed by atoms with Gasteiger partial charge in [0.2, 0.25) is 0 Å². The molecule has 0 aromatic carbocycles. The number of hydrogen-bond acceptors (Lipinski definition) is 4. The molecule has 5 heteroatoms. The van der Waals surface area contributed by atoms with Crippen molar-refractivity contribution in [2.24, 2.45) is 0 Å². The van der Waals surface area contributed by atoms with Crippen molar-refractivity contribution in [3.05, 3.63) is 0 Å². The van der Waals surface area contributed by atoms with Crippen LogP contribution in [0.1, 0.15) is 53.4 Å². The van der Waals surface area contributed by atoms with Gasteiger partial charge in [0.05, 0.1) is 22.1 Å². The fourth-order valence-electron chi connectivity index (χ4n) is 1.74. The first-order valence-electron chi connectivity index (χ1n) is 6.72. The van der Waals surface area contributed by atoms with Crippen LogP contribution >= 0.6 is 12.6 Å². The molecule has 3 atom stereocenters. The van der Waals surface area contributed by atoms with Gasteiger partial charge in [0.1, 0.15) is 4.75 Å². The standard InChI is InChI=1S/C13H25O3SSi/c1-5-9-10(15-8-4)13(17,7-3)12(14)16-11(18)6-2/h10-11,17H,5-9H2,1-4H3. The molecule has 0 fully saturated rings. The highest BCUT2D eigenvalue weighted by atomic mass is 32.1. The third-order valence-corrected chi connectivity index (χ3v) is 4.28. The van der Waals surface area contributed by atoms with Gasteiger partial charge in [-0.05, 0) is 26.2 Å². The molecule has 0 bridgehead atoms. The lowest BCUT2D eigenvalue weighted by atomic mass is 9.94. The van der Waals surface area contributed by atoms with E-state index in [9.17, 15) is 4.79 Å². The second kappa shape index (κ2) is 8.99. The van der Waals surface area contributed by atoms with Crippen LogP contribution in [0.2, 0.25) is 0 Å². The fourth-order valence-corrected chi connectivity index (χ4v) is 2.10. The quantitative estimate of drug-likeness (QED) is 0.403. The maximum Gasteiger partial charge on any atom is 0.324 e. The lowest BCUT2D eigenvalue weighted by Gasteiger charge is -2.34. The number of rotatable bonds is 9. The van der Waals surface area contributed by atoms with Gasteiger partial charge in [-0.2, -0.15) is 12.6 Å². The van der Waals surface area contributed by atoms with E-state index < -0.39 is 4.75 Å². The van der Waals surface area contributed by atoms with Gasteiger partial charge in [-0.15, -0.1) is 0 Å². The molecule has 0 heterocycles. The minimum absolute atomic E-state index is 0.205. The average molecular weight is 289 g/mol. The summed E-state index contributed by atoms with van der Waals surface area (Å²) >= 11 is 4.57. The molecule has 18 heavy (non-hydrogen) atoms. The summed E-state index contributed by atoms with van der Waals surface area (Å²) in [6, 6.07) is 0. The zero-order valence-corrected chi connectivity index (χ0v) is 13.8. The maximum absolute atomic E-state index is 12.2. The van der Waals surface area contributed by atoms with Crippen LogP contribution in [0.5, 0.6) is 0 Å². The number of carbonyl (C=O) groups is 1. The molecule has 0 aliphatic rings. The van der Waals surface area contributed by atoms with E-state index >= 15 is 0 Å². The van der Waals surface area contributed by atoms with E-state index in [2.05, 4.69) is 29.8 Å². The minimum Gasteiger partial charge on any atom is -0.466 e. The number of thiol groups is 1. The van der Waals surface area contributed by atoms with E-state index in [4.69, 9.17) is 9.47 Å². The van der Waals surface area contributed by atoms with Gasteiger partial charge < -0.3 is 9.47 Å². The van der Waals surface area contributed by atoms with Crippen LogP contribution in [0, 0.1) is 0 Å². The summed E-state index contributed by atoms with van der Waals surface area (Å²) in [6.07, 6.45) is 2.86. The molecule has 0 rings (SSSR count). The van der Waals surface area contributed by atoms with Gasteiger partial charge in [-0.25, -0.2) is 0 Å². The Morgan fingerprint density at radius 2 is 1.94 bits per heavy atom.